The Balaban J connectivity index is 1.82. The molecule has 0 aliphatic carbocycles. The smallest absolute Gasteiger partial charge is 0.409 e. The molecule has 0 unspecified atom stereocenters. The summed E-state index contributed by atoms with van der Waals surface area (Å²) in [6.45, 7) is 1.80. The average Bonchev–Trinajstić information content (AvgIpc) is 2.75. The monoisotopic (exact) mass is 268 g/mol. The number of nitrogens with zero attached hydrogens (tertiary/aromatic N) is 1. The van der Waals surface area contributed by atoms with Gasteiger partial charge in [0, 0.05) is 13.1 Å². The summed E-state index contributed by atoms with van der Waals surface area (Å²) >= 11 is 5.90. The van der Waals surface area contributed by atoms with E-state index in [-0.39, 0.29) is 12.0 Å². The molecule has 2 rings (SSSR count). The molecule has 1 heterocycles. The molecule has 1 fully saturated rings. The molecule has 0 bridgehead atoms. The second kappa shape index (κ2) is 5.73. The van der Waals surface area contributed by atoms with Crippen molar-refractivity contribution in [2.75, 3.05) is 26.2 Å². The van der Waals surface area contributed by atoms with Crippen molar-refractivity contribution in [1.82, 2.24) is 10.2 Å². The summed E-state index contributed by atoms with van der Waals surface area (Å²) in [5.74, 6) is -0.242. The second-order valence-electron chi connectivity index (χ2n) is 3.84. The fourth-order valence-corrected chi connectivity index (χ4v) is 1.90. The number of cyclic esters (lactones) is 1. The highest BCUT2D eigenvalue weighted by atomic mass is 35.5. The first-order valence-corrected chi connectivity index (χ1v) is 6.00. The molecule has 18 heavy (non-hydrogen) atoms. The molecule has 0 saturated carbocycles. The lowest BCUT2D eigenvalue weighted by Crippen LogP contribution is -2.35. The van der Waals surface area contributed by atoms with E-state index in [1.807, 2.05) is 0 Å². The summed E-state index contributed by atoms with van der Waals surface area (Å²) in [5.41, 5.74) is 0.433. The Kier molecular flexibility index (Phi) is 4.04. The normalized spacial score (nSPS) is 14.5. The number of nitrogens with one attached hydrogen (secondary N) is 1. The lowest BCUT2D eigenvalue weighted by molar-refractivity contribution is 0.0949. The minimum Gasteiger partial charge on any atom is -0.448 e. The van der Waals surface area contributed by atoms with Crippen molar-refractivity contribution in [1.29, 1.82) is 0 Å². The maximum atomic E-state index is 11.8. The van der Waals surface area contributed by atoms with Crippen LogP contribution in [0.1, 0.15) is 10.4 Å². The van der Waals surface area contributed by atoms with Gasteiger partial charge in [0.2, 0.25) is 0 Å². The van der Waals surface area contributed by atoms with E-state index in [0.717, 1.165) is 0 Å². The molecular formula is C12H13ClN2O3. The highest BCUT2D eigenvalue weighted by Crippen LogP contribution is 2.14. The summed E-state index contributed by atoms with van der Waals surface area (Å²) in [6, 6.07) is 6.83. The molecule has 0 radical (unpaired) electrons. The Morgan fingerprint density at radius 1 is 1.44 bits per heavy atom. The van der Waals surface area contributed by atoms with E-state index in [9.17, 15) is 9.59 Å². The van der Waals surface area contributed by atoms with Gasteiger partial charge in [-0.15, -0.1) is 0 Å². The van der Waals surface area contributed by atoms with Gasteiger partial charge in [0.15, 0.2) is 0 Å². The lowest BCUT2D eigenvalue weighted by atomic mass is 10.2. The van der Waals surface area contributed by atoms with E-state index in [4.69, 9.17) is 16.3 Å². The van der Waals surface area contributed by atoms with Crippen LogP contribution in [0.5, 0.6) is 0 Å². The van der Waals surface area contributed by atoms with Crippen molar-refractivity contribution in [3.8, 4) is 0 Å². The fraction of sp³-hybridized carbons (Fsp3) is 0.333. The van der Waals surface area contributed by atoms with Crippen molar-refractivity contribution in [2.24, 2.45) is 0 Å². The maximum Gasteiger partial charge on any atom is 0.409 e. The first kappa shape index (κ1) is 12.7. The number of amides is 2. The Bertz CT molecular complexity index is 464. The number of carbonyl (C=O) groups is 2. The van der Waals surface area contributed by atoms with Gasteiger partial charge in [0.1, 0.15) is 6.61 Å². The van der Waals surface area contributed by atoms with Crippen LogP contribution in [-0.4, -0.2) is 43.1 Å². The number of carbonyl (C=O) groups excluding carboxylic acids is 2. The summed E-state index contributed by atoms with van der Waals surface area (Å²) in [6.07, 6.45) is -0.331. The van der Waals surface area contributed by atoms with Gasteiger partial charge in [-0.1, -0.05) is 23.7 Å². The van der Waals surface area contributed by atoms with Crippen LogP contribution in [0, 0.1) is 0 Å². The first-order chi connectivity index (χ1) is 8.68. The van der Waals surface area contributed by atoms with E-state index >= 15 is 0 Å². The molecule has 1 saturated heterocycles. The van der Waals surface area contributed by atoms with Gasteiger partial charge < -0.3 is 15.0 Å². The molecule has 96 valence electrons. The van der Waals surface area contributed by atoms with E-state index in [1.165, 1.54) is 0 Å². The zero-order valence-corrected chi connectivity index (χ0v) is 10.4. The van der Waals surface area contributed by atoms with Crippen LogP contribution in [0.15, 0.2) is 24.3 Å². The van der Waals surface area contributed by atoms with Gasteiger partial charge in [-0.25, -0.2) is 4.79 Å². The van der Waals surface area contributed by atoms with Crippen molar-refractivity contribution in [3.63, 3.8) is 0 Å². The molecule has 0 spiro atoms. The zero-order valence-electron chi connectivity index (χ0n) is 9.69. The third kappa shape index (κ3) is 2.92. The van der Waals surface area contributed by atoms with Gasteiger partial charge in [0.05, 0.1) is 17.1 Å². The summed E-state index contributed by atoms with van der Waals surface area (Å²) in [4.78, 5) is 24.5. The Morgan fingerprint density at radius 3 is 2.89 bits per heavy atom. The predicted octanol–water partition coefficient (Wildman–Crippen LogP) is 1.52. The summed E-state index contributed by atoms with van der Waals surface area (Å²) in [5, 5.41) is 3.13. The molecule has 6 heteroatoms. The van der Waals surface area contributed by atoms with Gasteiger partial charge in [-0.05, 0) is 12.1 Å². The third-order valence-electron chi connectivity index (χ3n) is 2.63. The number of halogens is 1. The number of rotatable bonds is 4. The molecule has 0 atom stereocenters. The number of benzene rings is 1. The number of ether oxygens (including phenoxy) is 1. The van der Waals surface area contributed by atoms with Gasteiger partial charge in [0.25, 0.3) is 5.91 Å². The Morgan fingerprint density at radius 2 is 2.22 bits per heavy atom. The van der Waals surface area contributed by atoms with Crippen molar-refractivity contribution >= 4 is 23.6 Å². The quantitative estimate of drug-likeness (QED) is 0.901. The van der Waals surface area contributed by atoms with E-state index in [2.05, 4.69) is 5.32 Å². The van der Waals surface area contributed by atoms with Crippen LogP contribution in [0.2, 0.25) is 5.02 Å². The molecule has 1 N–H and O–H groups in total. The second-order valence-corrected chi connectivity index (χ2v) is 4.24. The molecule has 2 amide bonds. The SMILES string of the molecule is O=C(NCCN1CCOC1=O)c1ccccc1Cl. The van der Waals surface area contributed by atoms with Gasteiger partial charge in [-0.2, -0.15) is 0 Å². The summed E-state index contributed by atoms with van der Waals surface area (Å²) in [7, 11) is 0. The Hall–Kier alpha value is -1.75. The molecule has 1 aromatic rings. The Labute approximate surface area is 110 Å². The molecule has 5 nitrogen and oxygen atoms in total. The molecule has 1 aromatic carbocycles. The molecule has 0 aromatic heterocycles. The number of hydrogen-bond acceptors (Lipinski definition) is 3. The molecular weight excluding hydrogens is 256 g/mol. The van der Waals surface area contributed by atoms with E-state index in [1.54, 1.807) is 29.2 Å². The minimum absolute atomic E-state index is 0.242. The predicted molar refractivity (Wildman–Crippen MR) is 66.7 cm³/mol. The molecule has 1 aliphatic rings. The topological polar surface area (TPSA) is 58.6 Å². The number of hydrogen-bond donors (Lipinski definition) is 1. The third-order valence-corrected chi connectivity index (χ3v) is 2.96. The van der Waals surface area contributed by atoms with Crippen LogP contribution >= 0.6 is 11.6 Å². The van der Waals surface area contributed by atoms with E-state index in [0.29, 0.717) is 36.8 Å². The van der Waals surface area contributed by atoms with Crippen LogP contribution in [0.25, 0.3) is 0 Å². The standard InChI is InChI=1S/C12H13ClN2O3/c13-10-4-2-1-3-9(10)11(16)14-5-6-15-7-8-18-12(15)17/h1-4H,5-8H2,(H,14,16). The van der Waals surface area contributed by atoms with Gasteiger partial charge >= 0.3 is 6.09 Å². The van der Waals surface area contributed by atoms with E-state index < -0.39 is 0 Å². The zero-order chi connectivity index (χ0) is 13.0. The van der Waals surface area contributed by atoms with Crippen LogP contribution in [0.4, 0.5) is 4.79 Å². The average molecular weight is 269 g/mol. The largest absolute Gasteiger partial charge is 0.448 e. The first-order valence-electron chi connectivity index (χ1n) is 5.63. The van der Waals surface area contributed by atoms with Crippen LogP contribution in [0.3, 0.4) is 0 Å². The lowest BCUT2D eigenvalue weighted by Gasteiger charge is -2.13. The minimum atomic E-state index is -0.331. The highest BCUT2D eigenvalue weighted by molar-refractivity contribution is 6.33. The van der Waals surface area contributed by atoms with Gasteiger partial charge in [-0.3, -0.25) is 4.79 Å². The molecule has 1 aliphatic heterocycles. The summed E-state index contributed by atoms with van der Waals surface area (Å²) < 4.78 is 4.78. The van der Waals surface area contributed by atoms with Crippen molar-refractivity contribution in [2.45, 2.75) is 0 Å². The van der Waals surface area contributed by atoms with Crippen molar-refractivity contribution in [3.05, 3.63) is 34.9 Å². The highest BCUT2D eigenvalue weighted by Gasteiger charge is 2.21. The maximum absolute atomic E-state index is 11.8. The van der Waals surface area contributed by atoms with Crippen LogP contribution < -0.4 is 5.32 Å². The van der Waals surface area contributed by atoms with Crippen LogP contribution in [-0.2, 0) is 4.74 Å². The van der Waals surface area contributed by atoms with Crippen molar-refractivity contribution < 1.29 is 14.3 Å². The fourth-order valence-electron chi connectivity index (χ4n) is 1.67.